The third kappa shape index (κ3) is 11.2. The maximum Gasteiger partial charge on any atom is 0.408 e. The average Bonchev–Trinajstić information content (AvgIpc) is 2.74. The minimum absolute atomic E-state index is 0.234. The largest absolute Gasteiger partial charge is 0.465 e. The highest BCUT2D eigenvalue weighted by molar-refractivity contribution is 5.90. The second-order valence-corrected chi connectivity index (χ2v) is 9.28. The zero-order valence-electron chi connectivity index (χ0n) is 20.2. The monoisotopic (exact) mass is 447 g/mol. The van der Waals surface area contributed by atoms with E-state index in [0.29, 0.717) is 17.8 Å². The van der Waals surface area contributed by atoms with Crippen LogP contribution < -0.4 is 5.73 Å². The van der Waals surface area contributed by atoms with Crippen molar-refractivity contribution in [1.82, 2.24) is 4.90 Å². The number of hydrogen-bond donors (Lipinski definition) is 2. The molecule has 1 rings (SSSR count). The number of amides is 1. The third-order valence-corrected chi connectivity index (χ3v) is 5.35. The molecule has 32 heavy (non-hydrogen) atoms. The van der Waals surface area contributed by atoms with E-state index in [1.54, 1.807) is 24.3 Å². The van der Waals surface area contributed by atoms with Gasteiger partial charge in [-0.1, -0.05) is 75.6 Å². The molecular formula is C25H41N3O4. The Morgan fingerprint density at radius 3 is 2.00 bits per heavy atom. The van der Waals surface area contributed by atoms with Gasteiger partial charge in [-0.05, 0) is 44.9 Å². The molecule has 0 aliphatic rings. The minimum Gasteiger partial charge on any atom is -0.465 e. The molecule has 1 aromatic rings. The fourth-order valence-corrected chi connectivity index (χ4v) is 3.34. The van der Waals surface area contributed by atoms with Gasteiger partial charge in [0.25, 0.3) is 0 Å². The van der Waals surface area contributed by atoms with Crippen LogP contribution >= 0.6 is 0 Å². The van der Waals surface area contributed by atoms with Gasteiger partial charge in [0.15, 0.2) is 0 Å². The summed E-state index contributed by atoms with van der Waals surface area (Å²) in [6, 6.07) is 6.64. The van der Waals surface area contributed by atoms with Gasteiger partial charge in [0.1, 0.15) is 5.84 Å². The highest BCUT2D eigenvalue weighted by Gasteiger charge is 2.26. The molecule has 0 atom stereocenters. The Labute approximate surface area is 193 Å². The minimum atomic E-state index is -0.988. The maximum atomic E-state index is 12.2. The van der Waals surface area contributed by atoms with Crippen LogP contribution in [0.25, 0.3) is 0 Å². The summed E-state index contributed by atoms with van der Waals surface area (Å²) >= 11 is 0. The Morgan fingerprint density at radius 1 is 0.969 bits per heavy atom. The Kier molecular flexibility index (Phi) is 12.4. The van der Waals surface area contributed by atoms with Crippen molar-refractivity contribution in [3.8, 4) is 0 Å². The molecule has 0 aliphatic carbocycles. The summed E-state index contributed by atoms with van der Waals surface area (Å²) < 4.78 is 0. The number of rotatable bonds is 14. The summed E-state index contributed by atoms with van der Waals surface area (Å²) in [7, 11) is 0. The van der Waals surface area contributed by atoms with Crippen LogP contribution in [0, 0.1) is 0 Å². The highest BCUT2D eigenvalue weighted by Crippen LogP contribution is 2.18. The lowest BCUT2D eigenvalue weighted by molar-refractivity contribution is 0.0514. The van der Waals surface area contributed by atoms with Gasteiger partial charge in [-0.15, -0.1) is 0 Å². The van der Waals surface area contributed by atoms with Gasteiger partial charge >= 0.3 is 12.1 Å². The standard InChI is InChI=1S/C25H41N3O4/c1-5-6-7-8-9-10-11-12-13-14-22(26)27-32-23(29)21-17-15-20(16-18-21)19-28(24(30)31)25(2,3)4/h15-18H,5-14,19H2,1-4H3,(H2,26,27)(H,30,31). The van der Waals surface area contributed by atoms with Crippen LogP contribution in [0.15, 0.2) is 29.4 Å². The number of carbonyl (C=O) groups excluding carboxylic acids is 1. The predicted molar refractivity (Wildman–Crippen MR) is 129 cm³/mol. The number of nitrogens with two attached hydrogens (primary N) is 1. The molecule has 0 unspecified atom stereocenters. The van der Waals surface area contributed by atoms with Gasteiger partial charge in [0, 0.05) is 18.5 Å². The molecule has 0 saturated heterocycles. The van der Waals surface area contributed by atoms with Crippen molar-refractivity contribution in [1.29, 1.82) is 0 Å². The third-order valence-electron chi connectivity index (χ3n) is 5.35. The van der Waals surface area contributed by atoms with Crippen molar-refractivity contribution in [3.63, 3.8) is 0 Å². The van der Waals surface area contributed by atoms with Crippen molar-refractivity contribution in [3.05, 3.63) is 35.4 Å². The molecule has 7 heteroatoms. The highest BCUT2D eigenvalue weighted by atomic mass is 16.7. The van der Waals surface area contributed by atoms with Crippen LogP contribution in [-0.4, -0.2) is 33.4 Å². The SMILES string of the molecule is CCCCCCCCCCC/C(N)=N\OC(=O)c1ccc(CN(C(=O)O)C(C)(C)C)cc1. The summed E-state index contributed by atoms with van der Waals surface area (Å²) in [5, 5.41) is 13.2. The van der Waals surface area contributed by atoms with Gasteiger partial charge < -0.3 is 15.7 Å². The van der Waals surface area contributed by atoms with Crippen LogP contribution in [0.2, 0.25) is 0 Å². The number of carboxylic acid groups (broad SMARTS) is 1. The van der Waals surface area contributed by atoms with Crippen molar-refractivity contribution >= 4 is 17.9 Å². The van der Waals surface area contributed by atoms with E-state index in [4.69, 9.17) is 10.6 Å². The fraction of sp³-hybridized carbons (Fsp3) is 0.640. The van der Waals surface area contributed by atoms with Gasteiger partial charge in [-0.25, -0.2) is 9.59 Å². The second-order valence-electron chi connectivity index (χ2n) is 9.28. The molecule has 0 fully saturated rings. The smallest absolute Gasteiger partial charge is 0.408 e. The topological polar surface area (TPSA) is 105 Å². The first-order valence-electron chi connectivity index (χ1n) is 11.8. The maximum absolute atomic E-state index is 12.2. The zero-order valence-corrected chi connectivity index (χ0v) is 20.2. The lowest BCUT2D eigenvalue weighted by atomic mass is 10.0. The van der Waals surface area contributed by atoms with Crippen LogP contribution in [0.4, 0.5) is 4.79 Å². The lowest BCUT2D eigenvalue weighted by Crippen LogP contribution is -2.44. The molecule has 0 spiro atoms. The summed E-state index contributed by atoms with van der Waals surface area (Å²) in [6.45, 7) is 7.97. The normalized spacial score (nSPS) is 11.9. The quantitative estimate of drug-likeness (QED) is 0.114. The van der Waals surface area contributed by atoms with Crippen molar-refractivity contribution in [2.24, 2.45) is 10.9 Å². The number of carbonyl (C=O) groups is 2. The molecule has 0 saturated carbocycles. The number of amidine groups is 1. The first kappa shape index (κ1) is 27.5. The van der Waals surface area contributed by atoms with E-state index in [1.165, 1.54) is 49.8 Å². The second kappa shape index (κ2) is 14.5. The first-order chi connectivity index (χ1) is 15.1. The van der Waals surface area contributed by atoms with Crippen LogP contribution in [0.1, 0.15) is 108 Å². The van der Waals surface area contributed by atoms with Crippen LogP contribution in [0.3, 0.4) is 0 Å². The van der Waals surface area contributed by atoms with Gasteiger partial charge in [-0.3, -0.25) is 4.90 Å². The molecule has 0 aliphatic heterocycles. The fourth-order valence-electron chi connectivity index (χ4n) is 3.34. The molecule has 0 aromatic heterocycles. The Morgan fingerprint density at radius 2 is 1.50 bits per heavy atom. The van der Waals surface area contributed by atoms with E-state index in [0.717, 1.165) is 18.4 Å². The van der Waals surface area contributed by atoms with Crippen molar-refractivity contribution in [2.45, 2.75) is 104 Å². The van der Waals surface area contributed by atoms with E-state index >= 15 is 0 Å². The Bertz CT molecular complexity index is 724. The lowest BCUT2D eigenvalue weighted by Gasteiger charge is -2.33. The summed E-state index contributed by atoms with van der Waals surface area (Å²) in [5.74, 6) is -0.266. The molecule has 3 N–H and O–H groups in total. The van der Waals surface area contributed by atoms with E-state index in [2.05, 4.69) is 12.1 Å². The zero-order chi connectivity index (χ0) is 24.0. The average molecular weight is 448 g/mol. The molecular weight excluding hydrogens is 406 g/mol. The molecule has 0 bridgehead atoms. The Hall–Kier alpha value is -2.57. The van der Waals surface area contributed by atoms with Gasteiger partial charge in [0.2, 0.25) is 0 Å². The molecule has 0 heterocycles. The van der Waals surface area contributed by atoms with Crippen molar-refractivity contribution < 1.29 is 19.5 Å². The Balaban J connectivity index is 2.37. The number of nitrogens with zero attached hydrogens (tertiary/aromatic N) is 2. The summed E-state index contributed by atoms with van der Waals surface area (Å²) in [5.41, 5.74) is 6.46. The number of benzene rings is 1. The van der Waals surface area contributed by atoms with Gasteiger partial charge in [-0.2, -0.15) is 0 Å². The van der Waals surface area contributed by atoms with Crippen molar-refractivity contribution in [2.75, 3.05) is 0 Å². The molecule has 7 nitrogen and oxygen atoms in total. The summed E-state index contributed by atoms with van der Waals surface area (Å²) in [6.07, 6.45) is 10.7. The number of unbranched alkanes of at least 4 members (excludes halogenated alkanes) is 8. The molecule has 0 radical (unpaired) electrons. The van der Waals surface area contributed by atoms with Crippen LogP contribution in [0.5, 0.6) is 0 Å². The predicted octanol–water partition coefficient (Wildman–Crippen LogP) is 6.32. The number of hydrogen-bond acceptors (Lipinski definition) is 4. The summed E-state index contributed by atoms with van der Waals surface area (Å²) in [4.78, 5) is 30.0. The molecule has 180 valence electrons. The van der Waals surface area contributed by atoms with E-state index in [1.807, 2.05) is 20.8 Å². The van der Waals surface area contributed by atoms with Crippen LogP contribution in [-0.2, 0) is 11.4 Å². The molecule has 1 aromatic carbocycles. The number of oxime groups is 1. The van der Waals surface area contributed by atoms with E-state index < -0.39 is 17.6 Å². The van der Waals surface area contributed by atoms with Gasteiger partial charge in [0.05, 0.1) is 5.56 Å². The first-order valence-corrected chi connectivity index (χ1v) is 11.8. The van der Waals surface area contributed by atoms with E-state index in [9.17, 15) is 14.7 Å². The molecule has 1 amide bonds. The van der Waals surface area contributed by atoms with E-state index in [-0.39, 0.29) is 6.54 Å².